The summed E-state index contributed by atoms with van der Waals surface area (Å²) < 4.78 is 13.1. The summed E-state index contributed by atoms with van der Waals surface area (Å²) >= 11 is 0. The number of hydrogen-bond donors (Lipinski definition) is 1. The molecule has 2 aromatic carbocycles. The topological polar surface area (TPSA) is 71.9 Å². The third kappa shape index (κ3) is 4.96. The Morgan fingerprint density at radius 1 is 1.03 bits per heavy atom. The summed E-state index contributed by atoms with van der Waals surface area (Å²) in [5, 5.41) is 7.25. The average Bonchev–Trinajstić information content (AvgIpc) is 3.26. The number of rotatable bonds is 7. The van der Waals surface area contributed by atoms with E-state index in [1.54, 1.807) is 30.1 Å². The summed E-state index contributed by atoms with van der Waals surface area (Å²) in [4.78, 5) is 17.8. The fourth-order valence-corrected chi connectivity index (χ4v) is 4.03. The molecule has 1 aliphatic rings. The van der Waals surface area contributed by atoms with Crippen LogP contribution in [0.25, 0.3) is 11.3 Å². The minimum Gasteiger partial charge on any atom is -0.496 e. The SMILES string of the molecule is CCOc1cc(N2CCN(C)CC2)ccc1NC(=O)c1ccc(OC)c(-c2ccnn2C)c1. The molecule has 8 heteroatoms. The van der Waals surface area contributed by atoms with Crippen LogP contribution in [-0.2, 0) is 7.05 Å². The van der Waals surface area contributed by atoms with Crippen LogP contribution in [0.3, 0.4) is 0 Å². The third-order valence-electron chi connectivity index (χ3n) is 5.94. The lowest BCUT2D eigenvalue weighted by atomic mass is 10.1. The van der Waals surface area contributed by atoms with Crippen molar-refractivity contribution < 1.29 is 14.3 Å². The highest BCUT2D eigenvalue weighted by molar-refractivity contribution is 6.06. The van der Waals surface area contributed by atoms with Crippen LogP contribution >= 0.6 is 0 Å². The lowest BCUT2D eigenvalue weighted by Gasteiger charge is -2.34. The van der Waals surface area contributed by atoms with Gasteiger partial charge in [0.2, 0.25) is 0 Å². The molecule has 174 valence electrons. The zero-order chi connectivity index (χ0) is 23.4. The zero-order valence-corrected chi connectivity index (χ0v) is 19.7. The van der Waals surface area contributed by atoms with E-state index in [9.17, 15) is 4.79 Å². The minimum atomic E-state index is -0.214. The Hall–Kier alpha value is -3.52. The van der Waals surface area contributed by atoms with Gasteiger partial charge in [0.15, 0.2) is 0 Å². The fourth-order valence-electron chi connectivity index (χ4n) is 4.03. The second-order valence-corrected chi connectivity index (χ2v) is 8.11. The van der Waals surface area contributed by atoms with Crippen molar-refractivity contribution in [3.63, 3.8) is 0 Å². The van der Waals surface area contributed by atoms with Gasteiger partial charge in [-0.1, -0.05) is 0 Å². The van der Waals surface area contributed by atoms with Gasteiger partial charge in [-0.3, -0.25) is 9.48 Å². The Morgan fingerprint density at radius 2 is 1.82 bits per heavy atom. The van der Waals surface area contributed by atoms with Crippen LogP contribution in [-0.4, -0.2) is 67.5 Å². The average molecular weight is 450 g/mol. The van der Waals surface area contributed by atoms with E-state index in [0.29, 0.717) is 29.4 Å². The lowest BCUT2D eigenvalue weighted by molar-refractivity contribution is 0.102. The molecule has 3 aromatic rings. The second kappa shape index (κ2) is 9.95. The molecule has 0 radical (unpaired) electrons. The van der Waals surface area contributed by atoms with Gasteiger partial charge in [-0.15, -0.1) is 0 Å². The summed E-state index contributed by atoms with van der Waals surface area (Å²) in [6.07, 6.45) is 1.72. The van der Waals surface area contributed by atoms with Gasteiger partial charge in [-0.25, -0.2) is 0 Å². The van der Waals surface area contributed by atoms with E-state index in [2.05, 4.69) is 27.3 Å². The minimum absolute atomic E-state index is 0.214. The van der Waals surface area contributed by atoms with Gasteiger partial charge in [0.25, 0.3) is 5.91 Å². The highest BCUT2D eigenvalue weighted by Crippen LogP contribution is 2.33. The molecule has 0 spiro atoms. The van der Waals surface area contributed by atoms with Crippen LogP contribution in [0, 0.1) is 0 Å². The first-order valence-electron chi connectivity index (χ1n) is 11.2. The molecule has 0 aliphatic carbocycles. The van der Waals surface area contributed by atoms with E-state index in [1.165, 1.54) is 0 Å². The Balaban J connectivity index is 1.58. The number of nitrogens with one attached hydrogen (secondary N) is 1. The Morgan fingerprint density at radius 3 is 2.48 bits per heavy atom. The molecule has 1 aliphatic heterocycles. The second-order valence-electron chi connectivity index (χ2n) is 8.11. The van der Waals surface area contributed by atoms with Gasteiger partial charge in [-0.05, 0) is 50.4 Å². The van der Waals surface area contributed by atoms with Crippen LogP contribution in [0.1, 0.15) is 17.3 Å². The number of piperazine rings is 1. The number of hydrogen-bond acceptors (Lipinski definition) is 6. The van der Waals surface area contributed by atoms with Gasteiger partial charge in [-0.2, -0.15) is 5.10 Å². The van der Waals surface area contributed by atoms with E-state index in [-0.39, 0.29) is 5.91 Å². The molecule has 1 saturated heterocycles. The Bertz CT molecular complexity index is 1120. The molecule has 2 heterocycles. The maximum Gasteiger partial charge on any atom is 0.255 e. The molecule has 0 bridgehead atoms. The molecule has 1 aromatic heterocycles. The van der Waals surface area contributed by atoms with Crippen LogP contribution < -0.4 is 19.7 Å². The first kappa shape index (κ1) is 22.7. The summed E-state index contributed by atoms with van der Waals surface area (Å²) in [5.74, 6) is 1.14. The smallest absolute Gasteiger partial charge is 0.255 e. The number of ether oxygens (including phenoxy) is 2. The van der Waals surface area contributed by atoms with E-state index in [0.717, 1.165) is 43.1 Å². The number of nitrogens with zero attached hydrogens (tertiary/aromatic N) is 4. The number of anilines is 2. The number of methoxy groups -OCH3 is 1. The van der Waals surface area contributed by atoms with Crippen molar-refractivity contribution in [1.82, 2.24) is 14.7 Å². The summed E-state index contributed by atoms with van der Waals surface area (Å²) in [6, 6.07) is 13.2. The molecule has 4 rings (SSSR count). The van der Waals surface area contributed by atoms with Crippen molar-refractivity contribution >= 4 is 17.3 Å². The summed E-state index contributed by atoms with van der Waals surface area (Å²) in [5.41, 5.74) is 3.95. The Labute approximate surface area is 194 Å². The molecular weight excluding hydrogens is 418 g/mol. The molecule has 0 unspecified atom stereocenters. The largest absolute Gasteiger partial charge is 0.496 e. The highest BCUT2D eigenvalue weighted by atomic mass is 16.5. The molecular formula is C25H31N5O3. The molecule has 0 atom stereocenters. The number of carbonyl (C=O) groups is 1. The van der Waals surface area contributed by atoms with Gasteiger partial charge in [0.05, 0.1) is 25.1 Å². The van der Waals surface area contributed by atoms with E-state index in [4.69, 9.17) is 9.47 Å². The van der Waals surface area contributed by atoms with Crippen molar-refractivity contribution in [2.24, 2.45) is 7.05 Å². The zero-order valence-electron chi connectivity index (χ0n) is 19.7. The first-order chi connectivity index (χ1) is 16.0. The van der Waals surface area contributed by atoms with Crippen molar-refractivity contribution in [2.45, 2.75) is 6.92 Å². The normalized spacial score (nSPS) is 14.2. The Kier molecular flexibility index (Phi) is 6.84. The number of aromatic nitrogens is 2. The summed E-state index contributed by atoms with van der Waals surface area (Å²) in [7, 11) is 5.61. The number of carbonyl (C=O) groups excluding carboxylic acids is 1. The standard InChI is InChI=1S/C25H31N5O3/c1-5-33-24-17-19(30-14-12-28(2)13-15-30)7-8-21(24)27-25(31)18-6-9-23(32-4)20(16-18)22-10-11-26-29(22)3/h6-11,16-17H,5,12-15H2,1-4H3,(H,27,31). The predicted octanol–water partition coefficient (Wildman–Crippen LogP) is 3.50. The van der Waals surface area contributed by atoms with Crippen molar-refractivity contribution in [2.75, 3.05) is 57.2 Å². The first-order valence-corrected chi connectivity index (χ1v) is 11.2. The number of benzene rings is 2. The molecule has 1 N–H and O–H groups in total. The van der Waals surface area contributed by atoms with Gasteiger partial charge in [0.1, 0.15) is 11.5 Å². The van der Waals surface area contributed by atoms with Gasteiger partial charge >= 0.3 is 0 Å². The lowest BCUT2D eigenvalue weighted by Crippen LogP contribution is -2.44. The maximum absolute atomic E-state index is 13.2. The summed E-state index contributed by atoms with van der Waals surface area (Å²) in [6.45, 7) is 6.45. The molecule has 8 nitrogen and oxygen atoms in total. The predicted molar refractivity (Wildman–Crippen MR) is 130 cm³/mol. The van der Waals surface area contributed by atoms with Crippen molar-refractivity contribution in [3.05, 3.63) is 54.2 Å². The molecule has 33 heavy (non-hydrogen) atoms. The molecule has 0 saturated carbocycles. The van der Waals surface area contributed by atoms with Crippen molar-refractivity contribution in [1.29, 1.82) is 0 Å². The van der Waals surface area contributed by atoms with Crippen LogP contribution in [0.2, 0.25) is 0 Å². The van der Waals surface area contributed by atoms with E-state index >= 15 is 0 Å². The molecule has 1 fully saturated rings. The molecule has 1 amide bonds. The third-order valence-corrected chi connectivity index (χ3v) is 5.94. The number of likely N-dealkylation sites (N-methyl/N-ethyl adjacent to an activating group) is 1. The van der Waals surface area contributed by atoms with Crippen LogP contribution in [0.4, 0.5) is 11.4 Å². The van der Waals surface area contributed by atoms with Crippen LogP contribution in [0.15, 0.2) is 48.7 Å². The highest BCUT2D eigenvalue weighted by Gasteiger charge is 2.18. The fraction of sp³-hybridized carbons (Fsp3) is 0.360. The van der Waals surface area contributed by atoms with E-state index in [1.807, 2.05) is 44.3 Å². The van der Waals surface area contributed by atoms with E-state index < -0.39 is 0 Å². The number of amides is 1. The monoisotopic (exact) mass is 449 g/mol. The van der Waals surface area contributed by atoms with Crippen molar-refractivity contribution in [3.8, 4) is 22.8 Å². The quantitative estimate of drug-likeness (QED) is 0.595. The number of aryl methyl sites for hydroxylation is 1. The van der Waals surface area contributed by atoms with Crippen LogP contribution in [0.5, 0.6) is 11.5 Å². The van der Waals surface area contributed by atoms with Gasteiger partial charge < -0.3 is 24.6 Å². The van der Waals surface area contributed by atoms with Gasteiger partial charge in [0, 0.05) is 62.3 Å². The maximum atomic E-state index is 13.2.